The molecule has 2 aromatic rings. The van der Waals surface area contributed by atoms with Gasteiger partial charge in [0.1, 0.15) is 18.8 Å². The van der Waals surface area contributed by atoms with Gasteiger partial charge in [-0.1, -0.05) is 49.1 Å². The van der Waals surface area contributed by atoms with Crippen molar-refractivity contribution in [3.8, 4) is 0 Å². The summed E-state index contributed by atoms with van der Waals surface area (Å²) in [5, 5.41) is 10.8. The average molecular weight is 569 g/mol. The molecule has 11 nitrogen and oxygen atoms in total. The highest BCUT2D eigenvalue weighted by Crippen LogP contribution is 2.28. The number of nitrogens with zero attached hydrogens (tertiary/aromatic N) is 4. The second-order valence-electron chi connectivity index (χ2n) is 9.67. The predicted octanol–water partition coefficient (Wildman–Crippen LogP) is 2.42. The fraction of sp³-hybridized carbons (Fsp3) is 0.429. The Hall–Kier alpha value is -3.90. The van der Waals surface area contributed by atoms with E-state index in [9.17, 15) is 19.2 Å². The number of urea groups is 1. The van der Waals surface area contributed by atoms with E-state index in [0.717, 1.165) is 10.4 Å². The molecular weight excluding hydrogens is 532 g/mol. The lowest BCUT2D eigenvalue weighted by molar-refractivity contribution is -0.187. The largest absolute Gasteiger partial charge is 0.445 e. The van der Waals surface area contributed by atoms with Crippen LogP contribution in [0.2, 0.25) is 0 Å². The van der Waals surface area contributed by atoms with E-state index in [1.165, 1.54) is 6.08 Å². The molecule has 0 radical (unpaired) electrons. The molecule has 12 heteroatoms. The van der Waals surface area contributed by atoms with Gasteiger partial charge >= 0.3 is 12.1 Å². The van der Waals surface area contributed by atoms with E-state index in [0.29, 0.717) is 32.4 Å². The van der Waals surface area contributed by atoms with Crippen molar-refractivity contribution in [2.24, 2.45) is 0 Å². The van der Waals surface area contributed by atoms with Crippen molar-refractivity contribution in [1.29, 1.82) is 0 Å². The number of carbonyl (C=O) groups is 4. The summed E-state index contributed by atoms with van der Waals surface area (Å²) in [7, 11) is 1.71. The molecular formula is C28H36N6O5S. The highest BCUT2D eigenvalue weighted by atomic mass is 32.1. The van der Waals surface area contributed by atoms with E-state index in [4.69, 9.17) is 4.74 Å². The molecule has 2 N–H and O–H groups in total. The number of hydrogen-bond donors (Lipinski definition) is 2. The number of rotatable bonds is 11. The van der Waals surface area contributed by atoms with Crippen LogP contribution in [0.4, 0.5) is 9.59 Å². The topological polar surface area (TPSA) is 115 Å². The first-order valence-corrected chi connectivity index (χ1v) is 14.2. The lowest BCUT2D eigenvalue weighted by Crippen LogP contribution is -2.76. The fourth-order valence-corrected chi connectivity index (χ4v) is 5.71. The summed E-state index contributed by atoms with van der Waals surface area (Å²) in [5.41, 5.74) is 0.955. The molecule has 0 aliphatic carbocycles. The Balaban J connectivity index is 1.50. The molecule has 0 bridgehead atoms. The Bertz CT molecular complexity index is 1180. The van der Waals surface area contributed by atoms with Gasteiger partial charge in [-0.3, -0.25) is 9.59 Å². The third kappa shape index (κ3) is 7.19. The molecule has 2 aliphatic rings. The van der Waals surface area contributed by atoms with Gasteiger partial charge in [-0.25, -0.2) is 19.6 Å². The molecule has 3 heterocycles. The van der Waals surface area contributed by atoms with Crippen LogP contribution in [0.25, 0.3) is 0 Å². The van der Waals surface area contributed by atoms with Crippen molar-refractivity contribution < 1.29 is 23.9 Å². The third-order valence-electron chi connectivity index (χ3n) is 6.90. The molecule has 4 rings (SSSR count). The summed E-state index contributed by atoms with van der Waals surface area (Å²) in [6.45, 7) is 4.89. The van der Waals surface area contributed by atoms with Crippen molar-refractivity contribution in [2.45, 2.75) is 38.0 Å². The van der Waals surface area contributed by atoms with Gasteiger partial charge in [0.25, 0.3) is 0 Å². The minimum atomic E-state index is -0.751. The highest BCUT2D eigenvalue weighted by molar-refractivity contribution is 7.09. The first kappa shape index (κ1) is 29.1. The van der Waals surface area contributed by atoms with Gasteiger partial charge in [0.05, 0.1) is 13.1 Å². The van der Waals surface area contributed by atoms with Crippen molar-refractivity contribution in [3.63, 3.8) is 0 Å². The van der Waals surface area contributed by atoms with E-state index in [2.05, 4.69) is 17.2 Å². The number of alkyl carbamates (subject to hydrolysis) is 1. The van der Waals surface area contributed by atoms with Crippen LogP contribution >= 0.6 is 11.3 Å². The van der Waals surface area contributed by atoms with Gasteiger partial charge in [0, 0.05) is 31.6 Å². The second kappa shape index (κ2) is 13.9. The zero-order chi connectivity index (χ0) is 28.5. The summed E-state index contributed by atoms with van der Waals surface area (Å²) >= 11 is 1.63. The number of likely N-dealkylation sites (N-methyl/N-ethyl adjacent to an activating group) is 1. The number of thiophene rings is 1. The molecule has 1 aromatic heterocycles. The number of amides is 5. The summed E-state index contributed by atoms with van der Waals surface area (Å²) < 4.78 is 4.94. The fourth-order valence-electron chi connectivity index (χ4n) is 5.01. The summed E-state index contributed by atoms with van der Waals surface area (Å²) in [6, 6.07) is 12.5. The first-order valence-electron chi connectivity index (χ1n) is 13.3. The molecule has 2 saturated heterocycles. The molecule has 2 fully saturated rings. The Labute approximate surface area is 238 Å². The van der Waals surface area contributed by atoms with Crippen LogP contribution in [0.3, 0.4) is 0 Å². The monoisotopic (exact) mass is 568 g/mol. The quantitative estimate of drug-likeness (QED) is 0.318. The van der Waals surface area contributed by atoms with Crippen molar-refractivity contribution in [3.05, 3.63) is 70.9 Å². The first-order chi connectivity index (χ1) is 19.4. The number of fused-ring (bicyclic) bond motifs is 1. The van der Waals surface area contributed by atoms with Crippen molar-refractivity contribution >= 4 is 35.3 Å². The minimum absolute atomic E-state index is 0.0274. The SMILES string of the molecule is C=CCOC(=O)NCCC[C@H]1C(=O)N(CCc2cccs2)C[C@H]2N1C(=O)CN(C)N2C(=O)NCc1ccccc1. The van der Waals surface area contributed by atoms with Gasteiger partial charge in [0.2, 0.25) is 11.8 Å². The molecule has 0 spiro atoms. The van der Waals surface area contributed by atoms with Gasteiger partial charge in [-0.15, -0.1) is 11.3 Å². The van der Waals surface area contributed by atoms with Gasteiger partial charge in [0.15, 0.2) is 0 Å². The molecule has 5 amide bonds. The Morgan fingerprint density at radius 1 is 1.15 bits per heavy atom. The van der Waals surface area contributed by atoms with Crippen LogP contribution in [0.1, 0.15) is 23.3 Å². The van der Waals surface area contributed by atoms with E-state index < -0.39 is 18.3 Å². The third-order valence-corrected chi connectivity index (χ3v) is 7.83. The van der Waals surface area contributed by atoms with Gasteiger partial charge in [-0.05, 0) is 36.3 Å². The Morgan fingerprint density at radius 2 is 1.95 bits per heavy atom. The van der Waals surface area contributed by atoms with Crippen molar-refractivity contribution in [2.75, 3.05) is 39.8 Å². The zero-order valence-corrected chi connectivity index (χ0v) is 23.5. The average Bonchev–Trinajstić information content (AvgIpc) is 3.47. The molecule has 2 atom stereocenters. The number of carbonyl (C=O) groups excluding carboxylic acids is 4. The van der Waals surface area contributed by atoms with Crippen LogP contribution in [0.5, 0.6) is 0 Å². The number of nitrogens with one attached hydrogen (secondary N) is 2. The summed E-state index contributed by atoms with van der Waals surface area (Å²) in [4.78, 5) is 56.7. The van der Waals surface area contributed by atoms with E-state index in [1.807, 2.05) is 47.8 Å². The summed E-state index contributed by atoms with van der Waals surface area (Å²) in [6.07, 6.45) is 1.72. The number of hydrazine groups is 1. The molecule has 0 saturated carbocycles. The molecule has 1 aromatic carbocycles. The normalized spacial score (nSPS) is 19.3. The highest BCUT2D eigenvalue weighted by Gasteiger charge is 2.50. The van der Waals surface area contributed by atoms with E-state index >= 15 is 0 Å². The maximum absolute atomic E-state index is 13.7. The standard InChI is InChI=1S/C28H36N6O5S/c1-3-16-39-28(38)29-14-7-12-23-26(36)32(15-13-22-11-8-17-40-22)19-24-33(23)25(35)20-31(2)34(24)27(37)30-18-21-9-5-4-6-10-21/h3-6,8-11,17,23-24H,1,7,12-16,18-20H2,2H3,(H,29,38)(H,30,37)/t23-,24-/m0/s1. The number of benzene rings is 1. The van der Waals surface area contributed by atoms with Gasteiger partial charge in [-0.2, -0.15) is 0 Å². The smallest absolute Gasteiger partial charge is 0.407 e. The Morgan fingerprint density at radius 3 is 2.67 bits per heavy atom. The Kier molecular flexibility index (Phi) is 10.1. The maximum atomic E-state index is 13.7. The number of ether oxygens (including phenoxy) is 1. The summed E-state index contributed by atoms with van der Waals surface area (Å²) in [5.74, 6) is -0.362. The van der Waals surface area contributed by atoms with Crippen LogP contribution in [0.15, 0.2) is 60.5 Å². The van der Waals surface area contributed by atoms with Crippen LogP contribution in [0, 0.1) is 0 Å². The van der Waals surface area contributed by atoms with E-state index in [1.54, 1.807) is 38.2 Å². The number of hydrogen-bond acceptors (Lipinski definition) is 7. The maximum Gasteiger partial charge on any atom is 0.407 e. The van der Waals surface area contributed by atoms with Crippen LogP contribution in [-0.2, 0) is 27.3 Å². The number of piperazine rings is 1. The molecule has 2 aliphatic heterocycles. The molecule has 214 valence electrons. The predicted molar refractivity (Wildman–Crippen MR) is 151 cm³/mol. The van der Waals surface area contributed by atoms with Crippen molar-refractivity contribution in [1.82, 2.24) is 30.5 Å². The lowest BCUT2D eigenvalue weighted by atomic mass is 10.0. The van der Waals surface area contributed by atoms with Crippen LogP contribution < -0.4 is 10.6 Å². The second-order valence-corrected chi connectivity index (χ2v) is 10.7. The molecule has 0 unspecified atom stereocenters. The minimum Gasteiger partial charge on any atom is -0.445 e. The van der Waals surface area contributed by atoms with Crippen LogP contribution in [-0.4, -0.2) is 95.8 Å². The molecule has 40 heavy (non-hydrogen) atoms. The van der Waals surface area contributed by atoms with Gasteiger partial charge < -0.3 is 25.2 Å². The zero-order valence-electron chi connectivity index (χ0n) is 22.7. The van der Waals surface area contributed by atoms with E-state index in [-0.39, 0.29) is 44.1 Å². The lowest BCUT2D eigenvalue weighted by Gasteiger charge is -2.54.